The summed E-state index contributed by atoms with van der Waals surface area (Å²) in [5.74, 6) is -0.658. The van der Waals surface area contributed by atoms with Gasteiger partial charge in [-0.2, -0.15) is 10.4 Å². The van der Waals surface area contributed by atoms with Crippen molar-refractivity contribution in [2.24, 2.45) is 5.41 Å². The molecule has 4 rings (SSSR count). The monoisotopic (exact) mass is 445 g/mol. The van der Waals surface area contributed by atoms with Crippen molar-refractivity contribution in [2.75, 3.05) is 18.9 Å². The van der Waals surface area contributed by atoms with E-state index in [1.54, 1.807) is 30.5 Å². The van der Waals surface area contributed by atoms with E-state index in [0.29, 0.717) is 17.0 Å². The molecule has 2 saturated heterocycles. The van der Waals surface area contributed by atoms with Crippen LogP contribution in [0, 0.1) is 16.7 Å². The van der Waals surface area contributed by atoms with E-state index in [1.165, 1.54) is 6.33 Å². The van der Waals surface area contributed by atoms with Crippen LogP contribution in [0.4, 0.5) is 10.6 Å². The second-order valence-electron chi connectivity index (χ2n) is 9.65. The summed E-state index contributed by atoms with van der Waals surface area (Å²) in [5.41, 5.74) is 5.32. The highest BCUT2D eigenvalue weighted by Crippen LogP contribution is 2.50. The maximum Gasteiger partial charge on any atom is 0.508 e. The molecule has 11 nitrogen and oxygen atoms in total. The average Bonchev–Trinajstić information content (AvgIpc) is 3.35. The van der Waals surface area contributed by atoms with Crippen molar-refractivity contribution in [3.8, 4) is 6.07 Å². The molecule has 4 heterocycles. The highest BCUT2D eigenvalue weighted by atomic mass is 16.8. The summed E-state index contributed by atoms with van der Waals surface area (Å²) in [6.07, 6.45) is -1.74. The van der Waals surface area contributed by atoms with E-state index in [4.69, 9.17) is 29.4 Å². The van der Waals surface area contributed by atoms with Gasteiger partial charge in [-0.05, 0) is 31.4 Å². The van der Waals surface area contributed by atoms with Gasteiger partial charge in [-0.25, -0.2) is 14.3 Å². The lowest BCUT2D eigenvalue weighted by Crippen LogP contribution is -2.46. The van der Waals surface area contributed by atoms with E-state index in [0.717, 1.165) is 0 Å². The summed E-state index contributed by atoms with van der Waals surface area (Å²) in [6, 6.07) is 5.68. The minimum absolute atomic E-state index is 0.171. The minimum atomic E-state index is -1.60. The summed E-state index contributed by atoms with van der Waals surface area (Å²) in [7, 11) is 0. The molecule has 172 valence electrons. The second kappa shape index (κ2) is 7.58. The number of hydrogen-bond donors (Lipinski definition) is 1. The van der Waals surface area contributed by atoms with Gasteiger partial charge < -0.3 is 29.4 Å². The molecule has 2 aromatic heterocycles. The lowest BCUT2D eigenvalue weighted by Gasteiger charge is -2.28. The summed E-state index contributed by atoms with van der Waals surface area (Å²) in [5, 5.41) is 14.3. The minimum Gasteiger partial charge on any atom is -0.434 e. The predicted molar refractivity (Wildman–Crippen MR) is 110 cm³/mol. The first kappa shape index (κ1) is 22.3. The van der Waals surface area contributed by atoms with Gasteiger partial charge in [0.25, 0.3) is 0 Å². The Morgan fingerprint density at radius 2 is 2.03 bits per heavy atom. The van der Waals surface area contributed by atoms with Crippen LogP contribution in [0.2, 0.25) is 0 Å². The predicted octanol–water partition coefficient (Wildman–Crippen LogP) is 2.36. The fourth-order valence-electron chi connectivity index (χ4n) is 3.87. The third-order valence-corrected chi connectivity index (χ3v) is 5.24. The molecule has 0 spiro atoms. The van der Waals surface area contributed by atoms with Crippen LogP contribution in [0.3, 0.4) is 0 Å². The molecule has 4 atom stereocenters. The number of nitrogen functional groups attached to an aromatic ring is 1. The molecule has 2 aliphatic heterocycles. The number of nitriles is 1. The topological polar surface area (TPSA) is 143 Å². The molecule has 0 amide bonds. The zero-order chi connectivity index (χ0) is 23.3. The summed E-state index contributed by atoms with van der Waals surface area (Å²) in [4.78, 5) is 16.1. The van der Waals surface area contributed by atoms with Crippen molar-refractivity contribution in [3.63, 3.8) is 0 Å². The Labute approximate surface area is 185 Å². The Hall–Kier alpha value is -2.94. The fraction of sp³-hybridized carbons (Fsp3) is 0.619. The molecule has 0 radical (unpaired) electrons. The maximum atomic E-state index is 12.1. The molecule has 2 fully saturated rings. The van der Waals surface area contributed by atoms with Gasteiger partial charge in [0, 0.05) is 0 Å². The van der Waals surface area contributed by atoms with Crippen molar-refractivity contribution in [2.45, 2.75) is 64.3 Å². The van der Waals surface area contributed by atoms with Gasteiger partial charge in [0.2, 0.25) is 5.60 Å². The Kier molecular flexibility index (Phi) is 5.27. The van der Waals surface area contributed by atoms with Crippen LogP contribution >= 0.6 is 0 Å². The SMILES string of the molecule is CC(C)(C)COC(=O)OC[C@@]1(C#N)O[C@@H](c2ccc3c(N)ncnn23)C2OC(C)(C)OC21. The van der Waals surface area contributed by atoms with Crippen molar-refractivity contribution in [1.82, 2.24) is 14.6 Å². The van der Waals surface area contributed by atoms with E-state index < -0.39 is 35.9 Å². The molecule has 2 aliphatic rings. The van der Waals surface area contributed by atoms with E-state index in [9.17, 15) is 10.1 Å². The third kappa shape index (κ3) is 3.97. The highest BCUT2D eigenvalue weighted by Gasteiger charge is 2.65. The number of nitrogens with two attached hydrogens (primary N) is 1. The van der Waals surface area contributed by atoms with Crippen molar-refractivity contribution < 1.29 is 28.5 Å². The number of fused-ring (bicyclic) bond motifs is 2. The quantitative estimate of drug-likeness (QED) is 0.696. The number of carbonyl (C=O) groups is 1. The van der Waals surface area contributed by atoms with Crippen LogP contribution in [0.1, 0.15) is 46.4 Å². The first-order chi connectivity index (χ1) is 14.9. The molecule has 2 N–H and O–H groups in total. The smallest absolute Gasteiger partial charge is 0.434 e. The molecule has 11 heteroatoms. The number of anilines is 1. The van der Waals surface area contributed by atoms with Crippen molar-refractivity contribution in [1.29, 1.82) is 5.26 Å². The van der Waals surface area contributed by atoms with E-state index in [2.05, 4.69) is 16.2 Å². The van der Waals surface area contributed by atoms with Crippen LogP contribution in [0.15, 0.2) is 18.5 Å². The second-order valence-corrected chi connectivity index (χ2v) is 9.65. The van der Waals surface area contributed by atoms with Crippen molar-refractivity contribution >= 4 is 17.5 Å². The van der Waals surface area contributed by atoms with E-state index in [1.807, 2.05) is 20.8 Å². The molecular formula is C21H27N5O6. The van der Waals surface area contributed by atoms with Crippen LogP contribution in [0.5, 0.6) is 0 Å². The highest BCUT2D eigenvalue weighted by molar-refractivity contribution is 5.65. The molecule has 2 unspecified atom stereocenters. The van der Waals surface area contributed by atoms with Crippen LogP contribution in [-0.2, 0) is 23.7 Å². The number of carbonyl (C=O) groups excluding carboxylic acids is 1. The zero-order valence-electron chi connectivity index (χ0n) is 18.7. The van der Waals surface area contributed by atoms with Gasteiger partial charge in [-0.1, -0.05) is 20.8 Å². The lowest BCUT2D eigenvalue weighted by atomic mass is 9.96. The number of nitrogens with zero attached hydrogens (tertiary/aromatic N) is 4. The summed E-state index contributed by atoms with van der Waals surface area (Å²) in [6.45, 7) is 9.07. The van der Waals surface area contributed by atoms with Crippen LogP contribution in [-0.4, -0.2) is 57.6 Å². The van der Waals surface area contributed by atoms with Gasteiger partial charge in [-0.3, -0.25) is 0 Å². The molecular weight excluding hydrogens is 418 g/mol. The Morgan fingerprint density at radius 1 is 1.28 bits per heavy atom. The molecule has 0 saturated carbocycles. The Bertz CT molecular complexity index is 1070. The molecule has 2 aromatic rings. The normalized spacial score (nSPS) is 28.9. The first-order valence-corrected chi connectivity index (χ1v) is 10.3. The van der Waals surface area contributed by atoms with Gasteiger partial charge in [0.05, 0.1) is 12.3 Å². The number of hydrogen-bond acceptors (Lipinski definition) is 10. The Balaban J connectivity index is 1.61. The molecule has 0 aliphatic carbocycles. The first-order valence-electron chi connectivity index (χ1n) is 10.3. The molecule has 0 aromatic carbocycles. The van der Waals surface area contributed by atoms with Gasteiger partial charge in [0.15, 0.2) is 11.6 Å². The van der Waals surface area contributed by atoms with Gasteiger partial charge in [0.1, 0.15) is 42.8 Å². The Morgan fingerprint density at radius 3 is 2.72 bits per heavy atom. The zero-order valence-corrected chi connectivity index (χ0v) is 18.7. The molecule has 0 bridgehead atoms. The van der Waals surface area contributed by atoms with Gasteiger partial charge in [-0.15, -0.1) is 0 Å². The van der Waals surface area contributed by atoms with E-state index >= 15 is 0 Å². The van der Waals surface area contributed by atoms with Crippen molar-refractivity contribution in [3.05, 3.63) is 24.2 Å². The standard InChI is InChI=1S/C21H27N5O6/c1-19(2,3)9-28-18(27)29-10-21(8-22)16-15(30-20(4,5)32-16)14(31-21)12-6-7-13-17(23)24-11-25-26(12)13/h6-7,11,14-16H,9-10H2,1-5H3,(H2,23,24,25)/t14-,15?,16?,21+/m0/s1. The average molecular weight is 445 g/mol. The van der Waals surface area contributed by atoms with Crippen LogP contribution in [0.25, 0.3) is 5.52 Å². The van der Waals surface area contributed by atoms with Gasteiger partial charge >= 0.3 is 6.16 Å². The molecule has 32 heavy (non-hydrogen) atoms. The van der Waals surface area contributed by atoms with E-state index in [-0.39, 0.29) is 18.6 Å². The van der Waals surface area contributed by atoms with Crippen LogP contribution < -0.4 is 5.73 Å². The number of ether oxygens (including phenoxy) is 5. The number of aromatic nitrogens is 3. The fourth-order valence-corrected chi connectivity index (χ4v) is 3.87. The third-order valence-electron chi connectivity index (χ3n) is 5.24. The lowest BCUT2D eigenvalue weighted by molar-refractivity contribution is -0.205. The maximum absolute atomic E-state index is 12.1. The number of rotatable bonds is 4. The summed E-state index contributed by atoms with van der Waals surface area (Å²) >= 11 is 0. The largest absolute Gasteiger partial charge is 0.508 e. The summed E-state index contributed by atoms with van der Waals surface area (Å²) < 4.78 is 30.3.